The van der Waals surface area contributed by atoms with Crippen LogP contribution in [0.15, 0.2) is 30.3 Å². The van der Waals surface area contributed by atoms with Gasteiger partial charge in [-0.1, -0.05) is 44.2 Å². The van der Waals surface area contributed by atoms with Crippen molar-refractivity contribution in [3.05, 3.63) is 41.5 Å². The molecule has 1 aromatic rings. The number of hydrogen-bond acceptors (Lipinski definition) is 2. The molecule has 2 heteroatoms. The maximum absolute atomic E-state index is 9.88. The van der Waals surface area contributed by atoms with E-state index >= 15 is 0 Å². The van der Waals surface area contributed by atoms with Gasteiger partial charge in [-0.25, -0.2) is 0 Å². The van der Waals surface area contributed by atoms with E-state index in [0.717, 1.165) is 5.56 Å². The number of rotatable bonds is 5. The first-order chi connectivity index (χ1) is 7.24. The molecule has 0 fully saturated rings. The Labute approximate surface area is 90.6 Å². The largest absolute Gasteiger partial charge is 0.464 e. The third-order valence-corrected chi connectivity index (χ3v) is 2.17. The van der Waals surface area contributed by atoms with Crippen molar-refractivity contribution in [1.29, 1.82) is 0 Å². The highest BCUT2D eigenvalue weighted by Crippen LogP contribution is 2.15. The Balaban J connectivity index is 2.56. The van der Waals surface area contributed by atoms with E-state index in [1.165, 1.54) is 5.56 Å². The highest BCUT2D eigenvalue weighted by Gasteiger charge is 1.96. The maximum atomic E-state index is 9.88. The van der Waals surface area contributed by atoms with E-state index in [0.29, 0.717) is 19.0 Å². The molecule has 0 N–H and O–H groups in total. The monoisotopic (exact) mass is 204 g/mol. The Morgan fingerprint density at radius 1 is 1.27 bits per heavy atom. The average Bonchev–Trinajstić information content (AvgIpc) is 2.25. The van der Waals surface area contributed by atoms with Crippen molar-refractivity contribution in [2.45, 2.75) is 19.8 Å². The molecular formula is C13H16O2. The van der Waals surface area contributed by atoms with E-state index in [4.69, 9.17) is 0 Å². The molecule has 0 radical (unpaired) electrons. The predicted octanol–water partition coefficient (Wildman–Crippen LogP) is 3.00. The van der Waals surface area contributed by atoms with Gasteiger partial charge in [0.2, 0.25) is 0 Å². The van der Waals surface area contributed by atoms with Crippen LogP contribution in [0.25, 0.3) is 6.08 Å². The molecule has 0 bridgehead atoms. The molecule has 0 aliphatic rings. The molecule has 15 heavy (non-hydrogen) atoms. The van der Waals surface area contributed by atoms with Gasteiger partial charge in [0.1, 0.15) is 6.61 Å². The summed E-state index contributed by atoms with van der Waals surface area (Å²) in [7, 11) is 0. The van der Waals surface area contributed by atoms with Gasteiger partial charge in [-0.3, -0.25) is 4.79 Å². The van der Waals surface area contributed by atoms with Crippen LogP contribution in [0.3, 0.4) is 0 Å². The van der Waals surface area contributed by atoms with Gasteiger partial charge in [-0.15, -0.1) is 0 Å². The van der Waals surface area contributed by atoms with Gasteiger partial charge in [0, 0.05) is 0 Å². The molecule has 1 aromatic carbocycles. The van der Waals surface area contributed by atoms with Crippen LogP contribution in [0, 0.1) is 0 Å². The number of hydrogen-bond donors (Lipinski definition) is 0. The van der Waals surface area contributed by atoms with Crippen LogP contribution in [0.5, 0.6) is 0 Å². The predicted molar refractivity (Wildman–Crippen MR) is 61.6 cm³/mol. The molecule has 0 heterocycles. The fourth-order valence-corrected chi connectivity index (χ4v) is 1.27. The first-order valence-electron chi connectivity index (χ1n) is 5.06. The van der Waals surface area contributed by atoms with Crippen LogP contribution in [-0.2, 0) is 9.53 Å². The zero-order valence-electron chi connectivity index (χ0n) is 9.14. The lowest BCUT2D eigenvalue weighted by molar-refractivity contribution is -0.127. The molecule has 0 aliphatic heterocycles. The summed E-state index contributed by atoms with van der Waals surface area (Å²) >= 11 is 0. The lowest BCUT2D eigenvalue weighted by atomic mass is 10.0. The minimum absolute atomic E-state index is 0.329. The first kappa shape index (κ1) is 11.5. The fraction of sp³-hybridized carbons (Fsp3) is 0.308. The first-order valence-corrected chi connectivity index (χ1v) is 5.06. The van der Waals surface area contributed by atoms with Crippen LogP contribution in [0.1, 0.15) is 30.9 Å². The van der Waals surface area contributed by atoms with E-state index in [1.54, 1.807) is 0 Å². The zero-order valence-corrected chi connectivity index (χ0v) is 9.14. The van der Waals surface area contributed by atoms with Gasteiger partial charge in [0.25, 0.3) is 6.47 Å². The molecule has 0 aromatic heterocycles. The second-order valence-electron chi connectivity index (χ2n) is 3.65. The van der Waals surface area contributed by atoms with Crippen LogP contribution in [0.4, 0.5) is 0 Å². The van der Waals surface area contributed by atoms with Crippen molar-refractivity contribution >= 4 is 12.5 Å². The van der Waals surface area contributed by atoms with Crippen LogP contribution >= 0.6 is 0 Å². The van der Waals surface area contributed by atoms with Crippen molar-refractivity contribution in [2.75, 3.05) is 6.61 Å². The highest BCUT2D eigenvalue weighted by molar-refractivity contribution is 5.50. The van der Waals surface area contributed by atoms with Crippen molar-refractivity contribution in [3.63, 3.8) is 0 Å². The summed E-state index contributed by atoms with van der Waals surface area (Å²) in [4.78, 5) is 9.88. The molecule has 0 aliphatic carbocycles. The summed E-state index contributed by atoms with van der Waals surface area (Å²) < 4.78 is 4.55. The number of benzene rings is 1. The molecule has 1 rings (SSSR count). The van der Waals surface area contributed by atoms with Crippen molar-refractivity contribution < 1.29 is 9.53 Å². The van der Waals surface area contributed by atoms with Crippen molar-refractivity contribution in [1.82, 2.24) is 0 Å². The molecular weight excluding hydrogens is 188 g/mol. The molecule has 0 unspecified atom stereocenters. The normalized spacial score (nSPS) is 10.9. The zero-order chi connectivity index (χ0) is 11.1. The average molecular weight is 204 g/mol. The second kappa shape index (κ2) is 6.02. The van der Waals surface area contributed by atoms with Gasteiger partial charge in [0.05, 0.1) is 0 Å². The molecule has 0 spiro atoms. The quantitative estimate of drug-likeness (QED) is 0.544. The molecule has 0 saturated carbocycles. The summed E-state index contributed by atoms with van der Waals surface area (Å²) in [6, 6.07) is 8.36. The summed E-state index contributed by atoms with van der Waals surface area (Å²) in [5.41, 5.74) is 2.45. The van der Waals surface area contributed by atoms with E-state index in [1.807, 2.05) is 12.2 Å². The Morgan fingerprint density at radius 3 is 2.47 bits per heavy atom. The van der Waals surface area contributed by atoms with Gasteiger partial charge >= 0.3 is 0 Å². The minimum atomic E-state index is 0.329. The van der Waals surface area contributed by atoms with Crippen molar-refractivity contribution in [2.24, 2.45) is 0 Å². The van der Waals surface area contributed by atoms with E-state index in [-0.39, 0.29) is 0 Å². The topological polar surface area (TPSA) is 26.3 Å². The smallest absolute Gasteiger partial charge is 0.293 e. The minimum Gasteiger partial charge on any atom is -0.464 e. The summed E-state index contributed by atoms with van der Waals surface area (Å²) in [6.07, 6.45) is 3.76. The Bertz CT molecular complexity index is 323. The van der Waals surface area contributed by atoms with E-state index in [9.17, 15) is 4.79 Å². The third-order valence-electron chi connectivity index (χ3n) is 2.17. The molecule has 0 amide bonds. The summed E-state index contributed by atoms with van der Waals surface area (Å²) in [6.45, 7) is 5.12. The SMILES string of the molecule is CC(C)c1ccc(C=CCOC=O)cc1. The molecule has 80 valence electrons. The molecule has 0 saturated heterocycles. The Hall–Kier alpha value is -1.57. The fourth-order valence-electron chi connectivity index (χ4n) is 1.27. The number of ether oxygens (including phenoxy) is 1. The lowest BCUT2D eigenvalue weighted by Gasteiger charge is -2.04. The number of carbonyl (C=O) groups excluding carboxylic acids is 1. The molecule has 0 atom stereocenters. The van der Waals surface area contributed by atoms with Crippen molar-refractivity contribution in [3.8, 4) is 0 Å². The number of carbonyl (C=O) groups is 1. The highest BCUT2D eigenvalue weighted by atomic mass is 16.5. The second-order valence-corrected chi connectivity index (χ2v) is 3.65. The van der Waals surface area contributed by atoms with Crippen LogP contribution in [-0.4, -0.2) is 13.1 Å². The summed E-state index contributed by atoms with van der Waals surface area (Å²) in [5.74, 6) is 0.557. The van der Waals surface area contributed by atoms with Gasteiger partial charge in [0.15, 0.2) is 0 Å². The Morgan fingerprint density at radius 2 is 1.93 bits per heavy atom. The van der Waals surface area contributed by atoms with E-state index in [2.05, 4.69) is 42.8 Å². The maximum Gasteiger partial charge on any atom is 0.293 e. The lowest BCUT2D eigenvalue weighted by Crippen LogP contribution is -1.87. The standard InChI is InChI=1S/C13H16O2/c1-11(2)13-7-5-12(6-8-13)4-3-9-15-10-14/h3-8,10-11H,9H2,1-2H3. The van der Waals surface area contributed by atoms with Gasteiger partial charge in [-0.05, 0) is 23.1 Å². The third kappa shape index (κ3) is 3.98. The van der Waals surface area contributed by atoms with Gasteiger partial charge < -0.3 is 4.74 Å². The van der Waals surface area contributed by atoms with Crippen LogP contribution in [0.2, 0.25) is 0 Å². The van der Waals surface area contributed by atoms with Gasteiger partial charge in [-0.2, -0.15) is 0 Å². The van der Waals surface area contributed by atoms with Crippen LogP contribution < -0.4 is 0 Å². The van der Waals surface area contributed by atoms with E-state index < -0.39 is 0 Å². The Kier molecular flexibility index (Phi) is 4.61. The molecule has 2 nitrogen and oxygen atoms in total. The summed E-state index contributed by atoms with van der Waals surface area (Å²) in [5, 5.41) is 0.